The van der Waals surface area contributed by atoms with Crippen molar-refractivity contribution in [3.05, 3.63) is 41.9 Å². The maximum Gasteiger partial charge on any atom is 0.115 e. The highest BCUT2D eigenvalue weighted by Gasteiger charge is 2.03. The van der Waals surface area contributed by atoms with E-state index in [1.54, 1.807) is 17.7 Å². The van der Waals surface area contributed by atoms with Gasteiger partial charge >= 0.3 is 0 Å². The van der Waals surface area contributed by atoms with Crippen molar-refractivity contribution in [2.24, 2.45) is 0 Å². The molecule has 0 radical (unpaired) electrons. The molecule has 3 nitrogen and oxygen atoms in total. The fourth-order valence-electron chi connectivity index (χ4n) is 1.67. The smallest absolute Gasteiger partial charge is 0.115 e. The van der Waals surface area contributed by atoms with Crippen LogP contribution in [0.1, 0.15) is 5.01 Å². The van der Waals surface area contributed by atoms with Crippen molar-refractivity contribution in [2.45, 2.75) is 6.92 Å². The molecule has 0 bridgehead atoms. The second-order valence-electron chi connectivity index (χ2n) is 3.54. The minimum atomic E-state index is 1.04. The van der Waals surface area contributed by atoms with Gasteiger partial charge in [0.05, 0.1) is 15.2 Å². The third-order valence-corrected chi connectivity index (χ3v) is 3.32. The van der Waals surface area contributed by atoms with Gasteiger partial charge in [-0.05, 0) is 24.6 Å². The second kappa shape index (κ2) is 3.64. The van der Waals surface area contributed by atoms with Crippen molar-refractivity contribution in [3.8, 4) is 11.1 Å². The highest BCUT2D eigenvalue weighted by molar-refractivity contribution is 7.18. The minimum Gasteiger partial charge on any atom is -0.244 e. The molecule has 0 amide bonds. The van der Waals surface area contributed by atoms with Crippen molar-refractivity contribution in [2.75, 3.05) is 0 Å². The average Bonchev–Trinajstić information content (AvgIpc) is 2.69. The first-order valence-corrected chi connectivity index (χ1v) is 5.77. The van der Waals surface area contributed by atoms with Gasteiger partial charge in [-0.15, -0.1) is 11.3 Å². The van der Waals surface area contributed by atoms with Crippen LogP contribution in [-0.2, 0) is 0 Å². The van der Waals surface area contributed by atoms with E-state index in [0.717, 1.165) is 21.7 Å². The van der Waals surface area contributed by atoms with Gasteiger partial charge in [0.15, 0.2) is 0 Å². The van der Waals surface area contributed by atoms with E-state index in [1.807, 2.05) is 25.4 Å². The van der Waals surface area contributed by atoms with Crippen LogP contribution in [0.15, 0.2) is 36.9 Å². The first-order valence-electron chi connectivity index (χ1n) is 4.95. The highest BCUT2D eigenvalue weighted by Crippen LogP contribution is 2.27. The van der Waals surface area contributed by atoms with E-state index in [4.69, 9.17) is 0 Å². The lowest BCUT2D eigenvalue weighted by Crippen LogP contribution is -1.81. The summed E-state index contributed by atoms with van der Waals surface area (Å²) in [5.74, 6) is 0. The second-order valence-corrected chi connectivity index (χ2v) is 4.78. The summed E-state index contributed by atoms with van der Waals surface area (Å²) in [6.07, 6.45) is 5.18. The predicted octanol–water partition coefficient (Wildman–Crippen LogP) is 3.06. The van der Waals surface area contributed by atoms with Crippen molar-refractivity contribution in [1.29, 1.82) is 0 Å². The van der Waals surface area contributed by atoms with Gasteiger partial charge in [-0.1, -0.05) is 6.07 Å². The topological polar surface area (TPSA) is 38.7 Å². The molecule has 0 aliphatic heterocycles. The van der Waals surface area contributed by atoms with Gasteiger partial charge in [0.2, 0.25) is 0 Å². The molecule has 0 aliphatic rings. The number of nitrogens with zero attached hydrogens (tertiary/aromatic N) is 3. The number of thiazole rings is 1. The summed E-state index contributed by atoms with van der Waals surface area (Å²) in [6, 6.07) is 6.24. The molecule has 3 aromatic rings. The Morgan fingerprint density at radius 3 is 2.69 bits per heavy atom. The Morgan fingerprint density at radius 2 is 1.88 bits per heavy atom. The SMILES string of the molecule is Cc1nc2ccc(-c3cncnc3)cc2s1. The third-order valence-electron chi connectivity index (χ3n) is 2.39. The molecule has 0 N–H and O–H groups in total. The van der Waals surface area contributed by atoms with Crippen LogP contribution in [0.4, 0.5) is 0 Å². The summed E-state index contributed by atoms with van der Waals surface area (Å²) in [6.45, 7) is 2.02. The molecular formula is C12H9N3S. The Labute approximate surface area is 96.8 Å². The summed E-state index contributed by atoms with van der Waals surface area (Å²) in [7, 11) is 0. The van der Waals surface area contributed by atoms with Crippen LogP contribution in [0.5, 0.6) is 0 Å². The summed E-state index contributed by atoms with van der Waals surface area (Å²) in [4.78, 5) is 12.5. The molecule has 2 aromatic heterocycles. The van der Waals surface area contributed by atoms with Crippen LogP contribution in [0.3, 0.4) is 0 Å². The van der Waals surface area contributed by atoms with Gasteiger partial charge in [0.25, 0.3) is 0 Å². The highest BCUT2D eigenvalue weighted by atomic mass is 32.1. The van der Waals surface area contributed by atoms with Gasteiger partial charge in [-0.25, -0.2) is 15.0 Å². The molecule has 1 aromatic carbocycles. The fourth-order valence-corrected chi connectivity index (χ4v) is 2.53. The van der Waals surface area contributed by atoms with Crippen molar-refractivity contribution < 1.29 is 0 Å². The van der Waals surface area contributed by atoms with Gasteiger partial charge < -0.3 is 0 Å². The van der Waals surface area contributed by atoms with Crippen LogP contribution in [0, 0.1) is 6.92 Å². The van der Waals surface area contributed by atoms with E-state index in [9.17, 15) is 0 Å². The zero-order chi connectivity index (χ0) is 11.0. The summed E-state index contributed by atoms with van der Waals surface area (Å²) in [5, 5.41) is 1.09. The molecule has 78 valence electrons. The molecule has 0 atom stereocenters. The fraction of sp³-hybridized carbons (Fsp3) is 0.0833. The van der Waals surface area contributed by atoms with E-state index < -0.39 is 0 Å². The number of aromatic nitrogens is 3. The Balaban J connectivity index is 2.18. The Kier molecular flexibility index (Phi) is 2.15. The lowest BCUT2D eigenvalue weighted by Gasteiger charge is -1.99. The van der Waals surface area contributed by atoms with Crippen LogP contribution in [0.25, 0.3) is 21.3 Å². The van der Waals surface area contributed by atoms with E-state index in [-0.39, 0.29) is 0 Å². The molecule has 4 heteroatoms. The van der Waals surface area contributed by atoms with Gasteiger partial charge in [-0.2, -0.15) is 0 Å². The van der Waals surface area contributed by atoms with Crippen molar-refractivity contribution >= 4 is 21.6 Å². The molecule has 0 aliphatic carbocycles. The number of fused-ring (bicyclic) bond motifs is 1. The van der Waals surface area contributed by atoms with Crippen LogP contribution in [0.2, 0.25) is 0 Å². The number of hydrogen-bond donors (Lipinski definition) is 0. The van der Waals surface area contributed by atoms with Crippen LogP contribution >= 0.6 is 11.3 Å². The van der Waals surface area contributed by atoms with E-state index >= 15 is 0 Å². The monoisotopic (exact) mass is 227 g/mol. The van der Waals surface area contributed by atoms with E-state index in [2.05, 4.69) is 27.1 Å². The van der Waals surface area contributed by atoms with Crippen molar-refractivity contribution in [3.63, 3.8) is 0 Å². The Bertz CT molecular complexity index is 631. The van der Waals surface area contributed by atoms with E-state index in [0.29, 0.717) is 0 Å². The number of rotatable bonds is 1. The lowest BCUT2D eigenvalue weighted by molar-refractivity contribution is 1.17. The lowest BCUT2D eigenvalue weighted by atomic mass is 10.1. The maximum absolute atomic E-state index is 4.44. The molecule has 3 rings (SSSR count). The summed E-state index contributed by atoms with van der Waals surface area (Å²) >= 11 is 1.71. The Hall–Kier alpha value is -1.81. The normalized spacial score (nSPS) is 10.8. The average molecular weight is 227 g/mol. The van der Waals surface area contributed by atoms with Crippen LogP contribution in [-0.4, -0.2) is 15.0 Å². The zero-order valence-electron chi connectivity index (χ0n) is 8.71. The molecule has 0 saturated carbocycles. The van der Waals surface area contributed by atoms with E-state index in [1.165, 1.54) is 4.70 Å². The maximum atomic E-state index is 4.44. The number of aryl methyl sites for hydroxylation is 1. The standard InChI is InChI=1S/C12H9N3S/c1-8-15-11-3-2-9(4-12(11)16-8)10-5-13-7-14-6-10/h2-7H,1H3. The summed E-state index contributed by atoms with van der Waals surface area (Å²) in [5.41, 5.74) is 3.23. The Morgan fingerprint density at radius 1 is 1.06 bits per heavy atom. The molecule has 0 spiro atoms. The number of hydrogen-bond acceptors (Lipinski definition) is 4. The largest absolute Gasteiger partial charge is 0.244 e. The predicted molar refractivity (Wildman–Crippen MR) is 65.4 cm³/mol. The van der Waals surface area contributed by atoms with Crippen molar-refractivity contribution in [1.82, 2.24) is 15.0 Å². The first kappa shape index (κ1) is 9.42. The minimum absolute atomic E-state index is 1.04. The van der Waals surface area contributed by atoms with Crippen LogP contribution < -0.4 is 0 Å². The van der Waals surface area contributed by atoms with Gasteiger partial charge in [0.1, 0.15) is 6.33 Å². The molecule has 2 heterocycles. The zero-order valence-corrected chi connectivity index (χ0v) is 9.53. The quantitative estimate of drug-likeness (QED) is 0.641. The molecule has 0 unspecified atom stereocenters. The molecule has 0 fully saturated rings. The van der Waals surface area contributed by atoms with Gasteiger partial charge in [0, 0.05) is 18.0 Å². The van der Waals surface area contributed by atoms with Gasteiger partial charge in [-0.3, -0.25) is 0 Å². The number of benzene rings is 1. The third kappa shape index (κ3) is 1.57. The molecular weight excluding hydrogens is 218 g/mol. The molecule has 0 saturated heterocycles. The summed E-state index contributed by atoms with van der Waals surface area (Å²) < 4.78 is 1.21. The molecule has 16 heavy (non-hydrogen) atoms. The first-order chi connectivity index (χ1) is 7.83.